The van der Waals surface area contributed by atoms with Crippen molar-refractivity contribution in [3.63, 3.8) is 0 Å². The number of alkyl halides is 6. The molecule has 0 aliphatic carbocycles. The van der Waals surface area contributed by atoms with Crippen LogP contribution >= 0.6 is 0 Å². The number of hydrogen-bond donors (Lipinski definition) is 1. The Morgan fingerprint density at radius 2 is 1.72 bits per heavy atom. The molecular formula is C21H26F6N6O3. The van der Waals surface area contributed by atoms with Gasteiger partial charge in [0, 0.05) is 24.5 Å². The molecule has 200 valence electrons. The number of carboxylic acid groups (broad SMARTS) is 1. The highest BCUT2D eigenvalue weighted by atomic mass is 19.4. The second kappa shape index (κ2) is 9.75. The first kappa shape index (κ1) is 27.5. The summed E-state index contributed by atoms with van der Waals surface area (Å²) in [4.78, 5) is 21.4. The van der Waals surface area contributed by atoms with Crippen LogP contribution in [0.4, 0.5) is 37.1 Å². The number of nitrogens with zero attached hydrogens (tertiary/aromatic N) is 6. The van der Waals surface area contributed by atoms with Gasteiger partial charge in [-0.05, 0) is 27.7 Å². The topological polar surface area (TPSA) is 96.6 Å². The van der Waals surface area contributed by atoms with Crippen LogP contribution in [-0.4, -0.2) is 60.6 Å². The Kier molecular flexibility index (Phi) is 7.44. The number of anilines is 1. The molecule has 15 heteroatoms. The Balaban J connectivity index is 1.78. The van der Waals surface area contributed by atoms with Crippen molar-refractivity contribution < 1.29 is 41.0 Å². The highest BCUT2D eigenvalue weighted by molar-refractivity contribution is 5.66. The van der Waals surface area contributed by atoms with E-state index >= 15 is 0 Å². The SMILES string of the molecule is CC(COCc1nn2c(c1C(F)(F)F)CN(c1ncc(C(F)(F)F)cn1)CC2)N(C(=O)O)C(C)(C)C. The van der Waals surface area contributed by atoms with Gasteiger partial charge in [0.25, 0.3) is 0 Å². The monoisotopic (exact) mass is 524 g/mol. The van der Waals surface area contributed by atoms with E-state index in [-0.39, 0.29) is 43.6 Å². The smallest absolute Gasteiger partial charge is 0.420 e. The van der Waals surface area contributed by atoms with E-state index in [0.717, 1.165) is 4.90 Å². The van der Waals surface area contributed by atoms with Crippen LogP contribution in [0.2, 0.25) is 0 Å². The summed E-state index contributed by atoms with van der Waals surface area (Å²) >= 11 is 0. The molecule has 0 saturated heterocycles. The van der Waals surface area contributed by atoms with E-state index in [0.29, 0.717) is 12.4 Å². The fraction of sp³-hybridized carbons (Fsp3) is 0.619. The van der Waals surface area contributed by atoms with Gasteiger partial charge in [0.05, 0.1) is 43.6 Å². The molecule has 9 nitrogen and oxygen atoms in total. The van der Waals surface area contributed by atoms with Crippen molar-refractivity contribution in [3.8, 4) is 0 Å². The molecule has 3 heterocycles. The lowest BCUT2D eigenvalue weighted by atomic mass is 10.0. The molecule has 3 rings (SSSR count). The minimum absolute atomic E-state index is 0.0238. The van der Waals surface area contributed by atoms with Gasteiger partial charge in [-0.3, -0.25) is 9.58 Å². The van der Waals surface area contributed by atoms with Crippen LogP contribution in [0.5, 0.6) is 0 Å². The van der Waals surface area contributed by atoms with Gasteiger partial charge in [-0.1, -0.05) is 0 Å². The number of halogens is 6. The van der Waals surface area contributed by atoms with Crippen molar-refractivity contribution in [1.29, 1.82) is 0 Å². The molecule has 2 aromatic heterocycles. The third-order valence-corrected chi connectivity index (χ3v) is 5.55. The summed E-state index contributed by atoms with van der Waals surface area (Å²) in [5.41, 5.74) is -3.37. The largest absolute Gasteiger partial charge is 0.465 e. The van der Waals surface area contributed by atoms with Gasteiger partial charge in [-0.2, -0.15) is 31.4 Å². The minimum Gasteiger partial charge on any atom is -0.465 e. The lowest BCUT2D eigenvalue weighted by molar-refractivity contribution is -0.140. The molecule has 1 atom stereocenters. The zero-order valence-corrected chi connectivity index (χ0v) is 20.0. The maximum absolute atomic E-state index is 14.0. The summed E-state index contributed by atoms with van der Waals surface area (Å²) in [5, 5.41) is 13.5. The van der Waals surface area contributed by atoms with E-state index in [4.69, 9.17) is 4.74 Å². The summed E-state index contributed by atoms with van der Waals surface area (Å²) < 4.78 is 86.9. The van der Waals surface area contributed by atoms with Gasteiger partial charge in [-0.15, -0.1) is 0 Å². The number of fused-ring (bicyclic) bond motifs is 1. The number of ether oxygens (including phenoxy) is 1. The molecule has 0 fully saturated rings. The van der Waals surface area contributed by atoms with Crippen LogP contribution < -0.4 is 4.90 Å². The van der Waals surface area contributed by atoms with E-state index in [1.54, 1.807) is 27.7 Å². The Bertz CT molecular complexity index is 1080. The maximum Gasteiger partial charge on any atom is 0.420 e. The normalized spacial score (nSPS) is 15.6. The van der Waals surface area contributed by atoms with Crippen molar-refractivity contribution in [2.45, 2.75) is 71.3 Å². The van der Waals surface area contributed by atoms with E-state index in [1.807, 2.05) is 0 Å². The molecule has 2 aromatic rings. The second-order valence-corrected chi connectivity index (χ2v) is 9.37. The highest BCUT2D eigenvalue weighted by Gasteiger charge is 2.42. The molecule has 1 N–H and O–H groups in total. The first-order chi connectivity index (χ1) is 16.5. The molecule has 0 bridgehead atoms. The van der Waals surface area contributed by atoms with Gasteiger partial charge in [0.1, 0.15) is 11.3 Å². The predicted octanol–water partition coefficient (Wildman–Crippen LogP) is 4.41. The average molecular weight is 524 g/mol. The zero-order chi connectivity index (χ0) is 27.1. The molecule has 36 heavy (non-hydrogen) atoms. The molecule has 1 aliphatic rings. The van der Waals surface area contributed by atoms with Crippen molar-refractivity contribution in [2.24, 2.45) is 0 Å². The molecule has 0 aromatic carbocycles. The standard InChI is InChI=1S/C21H26F6N6O3/c1-12(33(18(34)35)19(2,3)4)10-36-11-14-16(21(25,26)27)15-9-31(5-6-32(15)30-14)17-28-7-13(8-29-17)20(22,23)24/h7-8,12H,5-6,9-11H2,1-4H3,(H,34,35). The van der Waals surface area contributed by atoms with Gasteiger partial charge in [-0.25, -0.2) is 14.8 Å². The Hall–Kier alpha value is -3.10. The first-order valence-electron chi connectivity index (χ1n) is 10.9. The lowest BCUT2D eigenvalue weighted by Crippen LogP contribution is -2.51. The zero-order valence-electron chi connectivity index (χ0n) is 20.0. The predicted molar refractivity (Wildman–Crippen MR) is 114 cm³/mol. The summed E-state index contributed by atoms with van der Waals surface area (Å²) in [5.74, 6) is -0.133. The fourth-order valence-electron chi connectivity index (χ4n) is 4.14. The maximum atomic E-state index is 14.0. The number of rotatable bonds is 6. The fourth-order valence-corrected chi connectivity index (χ4v) is 4.14. The van der Waals surface area contributed by atoms with Gasteiger partial charge in [0.15, 0.2) is 0 Å². The Morgan fingerprint density at radius 1 is 1.11 bits per heavy atom. The van der Waals surface area contributed by atoms with Crippen LogP contribution in [0, 0.1) is 0 Å². The van der Waals surface area contributed by atoms with Crippen molar-refractivity contribution >= 4 is 12.0 Å². The van der Waals surface area contributed by atoms with Crippen molar-refractivity contribution in [3.05, 3.63) is 34.9 Å². The third kappa shape index (κ3) is 5.99. The number of carbonyl (C=O) groups is 1. The summed E-state index contributed by atoms with van der Waals surface area (Å²) in [6, 6.07) is -0.638. The van der Waals surface area contributed by atoms with E-state index in [1.165, 1.54) is 9.58 Å². The van der Waals surface area contributed by atoms with Gasteiger partial charge in [0.2, 0.25) is 5.95 Å². The average Bonchev–Trinajstić information content (AvgIpc) is 3.09. The van der Waals surface area contributed by atoms with E-state index in [9.17, 15) is 36.2 Å². The highest BCUT2D eigenvalue weighted by Crippen LogP contribution is 2.37. The Morgan fingerprint density at radius 3 is 2.22 bits per heavy atom. The van der Waals surface area contributed by atoms with Crippen LogP contribution in [-0.2, 0) is 36.8 Å². The number of amides is 1. The van der Waals surface area contributed by atoms with E-state index in [2.05, 4.69) is 15.1 Å². The number of hydrogen-bond acceptors (Lipinski definition) is 6. The summed E-state index contributed by atoms with van der Waals surface area (Å²) in [6.07, 6.45) is -9.43. The quantitative estimate of drug-likeness (QED) is 0.559. The molecule has 1 aliphatic heterocycles. The number of aromatic nitrogens is 4. The van der Waals surface area contributed by atoms with Gasteiger partial charge < -0.3 is 14.7 Å². The van der Waals surface area contributed by atoms with E-state index < -0.39 is 47.8 Å². The van der Waals surface area contributed by atoms with Crippen LogP contribution in [0.25, 0.3) is 0 Å². The van der Waals surface area contributed by atoms with Crippen molar-refractivity contribution in [1.82, 2.24) is 24.6 Å². The minimum atomic E-state index is -4.78. The first-order valence-corrected chi connectivity index (χ1v) is 10.9. The molecule has 1 amide bonds. The third-order valence-electron chi connectivity index (χ3n) is 5.55. The molecule has 1 unspecified atom stereocenters. The molecule has 0 saturated carbocycles. The van der Waals surface area contributed by atoms with Crippen LogP contribution in [0.3, 0.4) is 0 Å². The molecule has 0 radical (unpaired) electrons. The van der Waals surface area contributed by atoms with Crippen molar-refractivity contribution in [2.75, 3.05) is 18.1 Å². The lowest BCUT2D eigenvalue weighted by Gasteiger charge is -2.37. The van der Waals surface area contributed by atoms with Crippen LogP contribution in [0.1, 0.15) is 50.2 Å². The Labute approximate surface area is 202 Å². The summed E-state index contributed by atoms with van der Waals surface area (Å²) in [7, 11) is 0. The van der Waals surface area contributed by atoms with Gasteiger partial charge >= 0.3 is 18.4 Å². The molecular weight excluding hydrogens is 498 g/mol. The molecule has 0 spiro atoms. The summed E-state index contributed by atoms with van der Waals surface area (Å²) in [6.45, 7) is 5.83. The second-order valence-electron chi connectivity index (χ2n) is 9.37. The van der Waals surface area contributed by atoms with Crippen LogP contribution in [0.15, 0.2) is 12.4 Å².